The summed E-state index contributed by atoms with van der Waals surface area (Å²) < 4.78 is 0. The molecule has 5 heteroatoms. The largest absolute Gasteiger partial charge is 0.480 e. The Morgan fingerprint density at radius 1 is 1.00 bits per heavy atom. The summed E-state index contributed by atoms with van der Waals surface area (Å²) in [6.45, 7) is 0. The molecular formula is C19H16N2O3. The summed E-state index contributed by atoms with van der Waals surface area (Å²) in [6.07, 6.45) is 1.77. The number of para-hydroxylation sites is 1. The topological polar surface area (TPSA) is 79.3 Å². The van der Waals surface area contributed by atoms with Gasteiger partial charge in [0.1, 0.15) is 6.04 Å². The number of carboxylic acid groups (broad SMARTS) is 1. The van der Waals surface area contributed by atoms with Gasteiger partial charge in [-0.25, -0.2) is 4.79 Å². The second kappa shape index (κ2) is 6.91. The van der Waals surface area contributed by atoms with Crippen LogP contribution in [-0.2, 0) is 11.2 Å². The normalized spacial score (nSPS) is 11.8. The summed E-state index contributed by atoms with van der Waals surface area (Å²) in [5.41, 5.74) is 1.96. The van der Waals surface area contributed by atoms with Crippen LogP contribution in [0.4, 0.5) is 0 Å². The Bertz CT molecular complexity index is 873. The van der Waals surface area contributed by atoms with Crippen LogP contribution in [-0.4, -0.2) is 28.0 Å². The first-order chi connectivity index (χ1) is 11.6. The molecule has 0 saturated heterocycles. The highest BCUT2D eigenvalue weighted by molar-refractivity contribution is 6.06. The number of benzene rings is 2. The lowest BCUT2D eigenvalue weighted by molar-refractivity contribution is -0.139. The maximum absolute atomic E-state index is 12.6. The zero-order chi connectivity index (χ0) is 16.9. The molecule has 0 aliphatic carbocycles. The summed E-state index contributed by atoms with van der Waals surface area (Å²) in [5.74, 6) is -1.48. The zero-order valence-corrected chi connectivity index (χ0v) is 12.8. The van der Waals surface area contributed by atoms with Gasteiger partial charge < -0.3 is 10.4 Å². The van der Waals surface area contributed by atoms with E-state index in [0.29, 0.717) is 16.5 Å². The van der Waals surface area contributed by atoms with Gasteiger partial charge in [0.25, 0.3) is 5.91 Å². The van der Waals surface area contributed by atoms with Crippen LogP contribution in [0.25, 0.3) is 10.9 Å². The lowest BCUT2D eigenvalue weighted by atomic mass is 10.0. The number of carbonyl (C=O) groups excluding carboxylic acids is 1. The Kier molecular flexibility index (Phi) is 4.52. The molecule has 0 aliphatic rings. The molecule has 0 radical (unpaired) electrons. The standard InChI is InChI=1S/C19H16N2O3/c22-18(15-10-11-20-16-9-5-4-8-14(15)16)21-17(19(23)24)12-13-6-2-1-3-7-13/h1-11,17H,12H2,(H,21,22)(H,23,24)/t17-/m0/s1. The SMILES string of the molecule is O=C(N[C@@H](Cc1ccccc1)C(=O)O)c1ccnc2ccccc12. The number of hydrogen-bond donors (Lipinski definition) is 2. The van der Waals surface area contributed by atoms with E-state index < -0.39 is 17.9 Å². The van der Waals surface area contributed by atoms with Gasteiger partial charge in [0.15, 0.2) is 0 Å². The first-order valence-electron chi connectivity index (χ1n) is 7.56. The van der Waals surface area contributed by atoms with E-state index in [9.17, 15) is 14.7 Å². The summed E-state index contributed by atoms with van der Waals surface area (Å²) >= 11 is 0. The first-order valence-corrected chi connectivity index (χ1v) is 7.56. The summed E-state index contributed by atoms with van der Waals surface area (Å²) in [6, 6.07) is 17.1. The van der Waals surface area contributed by atoms with Gasteiger partial charge >= 0.3 is 5.97 Å². The van der Waals surface area contributed by atoms with Gasteiger partial charge in [-0.15, -0.1) is 0 Å². The predicted molar refractivity (Wildman–Crippen MR) is 90.8 cm³/mol. The molecule has 3 rings (SSSR count). The molecular weight excluding hydrogens is 304 g/mol. The number of hydrogen-bond acceptors (Lipinski definition) is 3. The minimum absolute atomic E-state index is 0.227. The fourth-order valence-electron chi connectivity index (χ4n) is 2.58. The lowest BCUT2D eigenvalue weighted by Gasteiger charge is -2.15. The highest BCUT2D eigenvalue weighted by Gasteiger charge is 2.22. The Morgan fingerprint density at radius 3 is 2.46 bits per heavy atom. The van der Waals surface area contributed by atoms with Crippen LogP contribution in [0.5, 0.6) is 0 Å². The molecule has 1 heterocycles. The van der Waals surface area contributed by atoms with Gasteiger partial charge in [-0.05, 0) is 17.7 Å². The predicted octanol–water partition coefficient (Wildman–Crippen LogP) is 2.66. The van der Waals surface area contributed by atoms with Crippen molar-refractivity contribution in [1.29, 1.82) is 0 Å². The fourth-order valence-corrected chi connectivity index (χ4v) is 2.58. The number of amides is 1. The van der Waals surface area contributed by atoms with Crippen molar-refractivity contribution < 1.29 is 14.7 Å². The van der Waals surface area contributed by atoms with Crippen molar-refractivity contribution in [3.63, 3.8) is 0 Å². The van der Waals surface area contributed by atoms with Gasteiger partial charge in [0, 0.05) is 18.0 Å². The molecule has 0 saturated carbocycles. The molecule has 5 nitrogen and oxygen atoms in total. The van der Waals surface area contributed by atoms with Crippen molar-refractivity contribution in [2.45, 2.75) is 12.5 Å². The van der Waals surface area contributed by atoms with E-state index in [1.165, 1.54) is 0 Å². The molecule has 1 amide bonds. The van der Waals surface area contributed by atoms with Crippen molar-refractivity contribution in [1.82, 2.24) is 10.3 Å². The average Bonchev–Trinajstić information content (AvgIpc) is 2.61. The van der Waals surface area contributed by atoms with Crippen molar-refractivity contribution in [3.05, 3.63) is 78.0 Å². The fraction of sp³-hybridized carbons (Fsp3) is 0.105. The van der Waals surface area contributed by atoms with E-state index in [2.05, 4.69) is 10.3 Å². The van der Waals surface area contributed by atoms with E-state index in [4.69, 9.17) is 0 Å². The first kappa shape index (κ1) is 15.7. The second-order valence-electron chi connectivity index (χ2n) is 5.43. The molecule has 3 aromatic rings. The van der Waals surface area contributed by atoms with E-state index in [1.54, 1.807) is 18.3 Å². The molecule has 0 spiro atoms. The third-order valence-corrected chi connectivity index (χ3v) is 3.78. The summed E-state index contributed by atoms with van der Waals surface area (Å²) in [7, 11) is 0. The van der Waals surface area contributed by atoms with Gasteiger partial charge in [-0.1, -0.05) is 48.5 Å². The Morgan fingerprint density at radius 2 is 1.71 bits per heavy atom. The number of carboxylic acids is 1. The molecule has 0 unspecified atom stereocenters. The zero-order valence-electron chi connectivity index (χ0n) is 12.8. The van der Waals surface area contributed by atoms with E-state index in [0.717, 1.165) is 5.56 Å². The van der Waals surface area contributed by atoms with Crippen LogP contribution in [0.2, 0.25) is 0 Å². The molecule has 2 aromatic carbocycles. The van der Waals surface area contributed by atoms with Gasteiger partial charge in [-0.2, -0.15) is 0 Å². The van der Waals surface area contributed by atoms with Crippen LogP contribution < -0.4 is 5.32 Å². The van der Waals surface area contributed by atoms with Crippen LogP contribution in [0.1, 0.15) is 15.9 Å². The van der Waals surface area contributed by atoms with Crippen LogP contribution in [0.15, 0.2) is 66.9 Å². The van der Waals surface area contributed by atoms with Crippen LogP contribution in [0.3, 0.4) is 0 Å². The summed E-state index contributed by atoms with van der Waals surface area (Å²) in [4.78, 5) is 28.3. The smallest absolute Gasteiger partial charge is 0.326 e. The van der Waals surface area contributed by atoms with Crippen molar-refractivity contribution in [2.75, 3.05) is 0 Å². The van der Waals surface area contributed by atoms with Crippen LogP contribution in [0, 0.1) is 0 Å². The van der Waals surface area contributed by atoms with E-state index in [-0.39, 0.29) is 6.42 Å². The molecule has 24 heavy (non-hydrogen) atoms. The minimum Gasteiger partial charge on any atom is -0.480 e. The second-order valence-corrected chi connectivity index (χ2v) is 5.43. The molecule has 1 atom stereocenters. The van der Waals surface area contributed by atoms with Gasteiger partial charge in [-0.3, -0.25) is 9.78 Å². The number of fused-ring (bicyclic) bond motifs is 1. The van der Waals surface area contributed by atoms with E-state index >= 15 is 0 Å². The molecule has 0 bridgehead atoms. The van der Waals surface area contributed by atoms with Crippen molar-refractivity contribution >= 4 is 22.8 Å². The van der Waals surface area contributed by atoms with Crippen LogP contribution >= 0.6 is 0 Å². The number of pyridine rings is 1. The third-order valence-electron chi connectivity index (χ3n) is 3.78. The average molecular weight is 320 g/mol. The number of rotatable bonds is 5. The monoisotopic (exact) mass is 320 g/mol. The van der Waals surface area contributed by atoms with E-state index in [1.807, 2.05) is 48.5 Å². The third kappa shape index (κ3) is 3.41. The van der Waals surface area contributed by atoms with Crippen molar-refractivity contribution in [3.8, 4) is 0 Å². The maximum atomic E-state index is 12.6. The van der Waals surface area contributed by atoms with Gasteiger partial charge in [0.05, 0.1) is 11.1 Å². The highest BCUT2D eigenvalue weighted by atomic mass is 16.4. The number of aromatic nitrogens is 1. The highest BCUT2D eigenvalue weighted by Crippen LogP contribution is 2.16. The van der Waals surface area contributed by atoms with Gasteiger partial charge in [0.2, 0.25) is 0 Å². The Balaban J connectivity index is 1.84. The lowest BCUT2D eigenvalue weighted by Crippen LogP contribution is -2.42. The Hall–Kier alpha value is -3.21. The molecule has 2 N–H and O–H groups in total. The summed E-state index contributed by atoms with van der Waals surface area (Å²) in [5, 5.41) is 12.7. The van der Waals surface area contributed by atoms with Crippen molar-refractivity contribution in [2.24, 2.45) is 0 Å². The molecule has 1 aromatic heterocycles. The molecule has 0 fully saturated rings. The molecule has 0 aliphatic heterocycles. The Labute approximate surface area is 139 Å². The maximum Gasteiger partial charge on any atom is 0.326 e. The quantitative estimate of drug-likeness (QED) is 0.757. The number of aliphatic carboxylic acids is 1. The molecule has 120 valence electrons. The number of carbonyl (C=O) groups is 2. The number of nitrogens with zero attached hydrogens (tertiary/aromatic N) is 1. The number of nitrogens with one attached hydrogen (secondary N) is 1. The minimum atomic E-state index is -1.06.